The maximum atomic E-state index is 12.2. The molecule has 0 saturated heterocycles. The maximum Gasteiger partial charge on any atom is 0.334 e. The molecule has 0 aliphatic rings. The highest BCUT2D eigenvalue weighted by molar-refractivity contribution is 7.99. The molecular formula is C16H34N2O4SSi. The molecular weight excluding hydrogens is 344 g/mol. The first kappa shape index (κ1) is 23.4. The molecule has 0 unspecified atom stereocenters. The molecule has 0 aliphatic heterocycles. The van der Waals surface area contributed by atoms with E-state index in [0.717, 1.165) is 24.0 Å². The molecule has 4 N–H and O–H groups in total. The lowest BCUT2D eigenvalue weighted by Crippen LogP contribution is -2.49. The third kappa shape index (κ3) is 11.9. The van der Waals surface area contributed by atoms with E-state index in [0.29, 0.717) is 13.0 Å². The Kier molecular flexibility index (Phi) is 11.6. The number of carbonyl (C=O) groups is 2. The number of nitrogens with one attached hydrogen (secondary N) is 2. The molecule has 0 aromatic rings. The molecule has 8 heteroatoms. The van der Waals surface area contributed by atoms with Gasteiger partial charge in [-0.1, -0.05) is 26.6 Å². The second-order valence-corrected chi connectivity index (χ2v) is 14.3. The van der Waals surface area contributed by atoms with Crippen LogP contribution in [0, 0.1) is 0 Å². The monoisotopic (exact) mass is 378 g/mol. The molecule has 0 radical (unpaired) electrons. The summed E-state index contributed by atoms with van der Waals surface area (Å²) < 4.78 is 0. The number of hydrogen-bond donors (Lipinski definition) is 4. The van der Waals surface area contributed by atoms with Crippen molar-refractivity contribution >= 4 is 31.7 Å². The Bertz CT molecular complexity index is 391. The molecule has 0 saturated carbocycles. The van der Waals surface area contributed by atoms with E-state index in [2.05, 4.69) is 37.2 Å². The number of carboxylic acid groups (broad SMARTS) is 1. The van der Waals surface area contributed by atoms with Crippen LogP contribution in [0.2, 0.25) is 25.7 Å². The van der Waals surface area contributed by atoms with Crippen molar-refractivity contribution in [3.8, 4) is 0 Å². The summed E-state index contributed by atoms with van der Waals surface area (Å²) in [5, 5.41) is 24.4. The van der Waals surface area contributed by atoms with E-state index in [1.165, 1.54) is 0 Å². The maximum absolute atomic E-state index is 12.2. The summed E-state index contributed by atoms with van der Waals surface area (Å²) in [5.74, 6) is 0.773. The minimum absolute atomic E-state index is 0.0529. The normalized spacial score (nSPS) is 15.6. The molecule has 0 bridgehead atoms. The van der Waals surface area contributed by atoms with E-state index in [9.17, 15) is 14.7 Å². The van der Waals surface area contributed by atoms with E-state index in [-0.39, 0.29) is 11.9 Å². The lowest BCUT2D eigenvalue weighted by molar-refractivity contribution is -0.148. The lowest BCUT2D eigenvalue weighted by atomic mass is 10.1. The van der Waals surface area contributed by atoms with Gasteiger partial charge in [0.1, 0.15) is 0 Å². The third-order valence-corrected chi connectivity index (χ3v) is 6.38. The smallest absolute Gasteiger partial charge is 0.334 e. The Hall–Kier alpha value is -0.573. The number of aliphatic hydroxyl groups is 1. The molecule has 0 spiro atoms. The van der Waals surface area contributed by atoms with E-state index in [1.54, 1.807) is 6.92 Å². The van der Waals surface area contributed by atoms with E-state index in [1.807, 2.05) is 11.8 Å². The largest absolute Gasteiger partial charge is 0.479 e. The standard InChI is InChI=1S/C16H34N2O4SSi/c1-6-23-9-7-13(11-17-12(2)15(20)16(21)22)18-14(19)8-10-24(3,4)5/h12-13,15,17,20H,6-11H2,1-5H3,(H,18,19)(H,21,22)/t12-,13-,15+/m0/s1. The summed E-state index contributed by atoms with van der Waals surface area (Å²) in [7, 11) is -1.25. The summed E-state index contributed by atoms with van der Waals surface area (Å²) in [5.41, 5.74) is 0. The van der Waals surface area contributed by atoms with E-state index < -0.39 is 26.2 Å². The van der Waals surface area contributed by atoms with Crippen LogP contribution in [0.25, 0.3) is 0 Å². The highest BCUT2D eigenvalue weighted by atomic mass is 32.2. The SMILES string of the molecule is CCSCC[C@@H](CN[C@@H](C)[C@@H](O)C(=O)O)NC(=O)CC[Si](C)(C)C. The first-order valence-electron chi connectivity index (χ1n) is 8.58. The van der Waals surface area contributed by atoms with Gasteiger partial charge in [0.05, 0.1) is 0 Å². The molecule has 24 heavy (non-hydrogen) atoms. The lowest BCUT2D eigenvalue weighted by Gasteiger charge is -2.24. The molecule has 1 amide bonds. The second kappa shape index (κ2) is 11.9. The van der Waals surface area contributed by atoms with Crippen LogP contribution in [0.4, 0.5) is 0 Å². The zero-order chi connectivity index (χ0) is 18.8. The summed E-state index contributed by atoms with van der Waals surface area (Å²) in [6.45, 7) is 10.9. The van der Waals surface area contributed by atoms with Crippen molar-refractivity contribution < 1.29 is 19.8 Å². The Morgan fingerprint density at radius 3 is 2.38 bits per heavy atom. The van der Waals surface area contributed by atoms with Crippen molar-refractivity contribution in [1.82, 2.24) is 10.6 Å². The summed E-state index contributed by atoms with van der Waals surface area (Å²) in [6, 6.07) is 0.334. The Balaban J connectivity index is 4.45. The molecule has 0 heterocycles. The quantitative estimate of drug-likeness (QED) is 0.288. The van der Waals surface area contributed by atoms with Crippen LogP contribution < -0.4 is 10.6 Å². The van der Waals surface area contributed by atoms with Crippen molar-refractivity contribution in [3.05, 3.63) is 0 Å². The fourth-order valence-corrected chi connectivity index (χ4v) is 3.75. The number of aliphatic carboxylic acids is 1. The predicted octanol–water partition coefficient (Wildman–Crippen LogP) is 1.77. The number of carbonyl (C=O) groups excluding carboxylic acids is 1. The molecule has 0 aliphatic carbocycles. The Labute approximate surface area is 151 Å². The van der Waals surface area contributed by atoms with E-state index >= 15 is 0 Å². The van der Waals surface area contributed by atoms with Crippen molar-refractivity contribution in [2.75, 3.05) is 18.1 Å². The predicted molar refractivity (Wildman–Crippen MR) is 103 cm³/mol. The number of carboxylic acids is 1. The van der Waals surface area contributed by atoms with Gasteiger partial charge in [-0.25, -0.2) is 4.79 Å². The number of thioether (sulfide) groups is 1. The highest BCUT2D eigenvalue weighted by Crippen LogP contribution is 2.11. The van der Waals surface area contributed by atoms with Crippen molar-refractivity contribution in [2.45, 2.75) is 70.6 Å². The van der Waals surface area contributed by atoms with Crippen molar-refractivity contribution in [1.29, 1.82) is 0 Å². The topological polar surface area (TPSA) is 98.7 Å². The van der Waals surface area contributed by atoms with Crippen molar-refractivity contribution in [2.24, 2.45) is 0 Å². The molecule has 142 valence electrons. The zero-order valence-corrected chi connectivity index (χ0v) is 17.4. The number of rotatable bonds is 13. The first-order chi connectivity index (χ1) is 11.1. The molecule has 0 rings (SSSR count). The van der Waals surface area contributed by atoms with Crippen LogP contribution in [0.15, 0.2) is 0 Å². The van der Waals surface area contributed by atoms with Crippen LogP contribution >= 0.6 is 11.8 Å². The zero-order valence-electron chi connectivity index (χ0n) is 15.6. The molecule has 0 fully saturated rings. The highest BCUT2D eigenvalue weighted by Gasteiger charge is 2.23. The minimum atomic E-state index is -1.45. The van der Waals surface area contributed by atoms with Gasteiger partial charge in [0, 0.05) is 33.1 Å². The van der Waals surface area contributed by atoms with E-state index in [4.69, 9.17) is 5.11 Å². The van der Waals surface area contributed by atoms with Gasteiger partial charge in [0.15, 0.2) is 6.10 Å². The van der Waals surface area contributed by atoms with Gasteiger partial charge in [0.25, 0.3) is 0 Å². The fourth-order valence-electron chi connectivity index (χ4n) is 2.04. The fraction of sp³-hybridized carbons (Fsp3) is 0.875. The molecule has 0 aromatic heterocycles. The summed E-state index contributed by atoms with van der Waals surface area (Å²) in [4.78, 5) is 22.9. The summed E-state index contributed by atoms with van der Waals surface area (Å²) in [6.07, 6.45) is -0.0844. The van der Waals surface area contributed by atoms with Crippen molar-refractivity contribution in [3.63, 3.8) is 0 Å². The van der Waals surface area contributed by atoms with Gasteiger partial charge in [-0.2, -0.15) is 11.8 Å². The van der Waals surface area contributed by atoms with Crippen LogP contribution in [0.1, 0.15) is 26.7 Å². The van der Waals surface area contributed by atoms with Crippen LogP contribution in [0.5, 0.6) is 0 Å². The van der Waals surface area contributed by atoms with Gasteiger partial charge in [-0.05, 0) is 30.9 Å². The number of aliphatic hydroxyl groups excluding tert-OH is 1. The first-order valence-corrected chi connectivity index (χ1v) is 13.4. The summed E-state index contributed by atoms with van der Waals surface area (Å²) >= 11 is 1.81. The van der Waals surface area contributed by atoms with Gasteiger partial charge < -0.3 is 20.8 Å². The average Bonchev–Trinajstić information content (AvgIpc) is 2.48. The van der Waals surface area contributed by atoms with Crippen LogP contribution in [-0.4, -0.2) is 66.4 Å². The second-order valence-electron chi connectivity index (χ2n) is 7.29. The molecule has 0 aromatic carbocycles. The number of hydrogen-bond acceptors (Lipinski definition) is 5. The average molecular weight is 379 g/mol. The van der Waals surface area contributed by atoms with Crippen LogP contribution in [0.3, 0.4) is 0 Å². The molecule has 6 nitrogen and oxygen atoms in total. The Morgan fingerprint density at radius 1 is 1.25 bits per heavy atom. The third-order valence-electron chi connectivity index (χ3n) is 3.69. The molecule has 3 atom stereocenters. The van der Waals surface area contributed by atoms with Gasteiger partial charge in [-0.15, -0.1) is 0 Å². The Morgan fingerprint density at radius 2 is 1.88 bits per heavy atom. The van der Waals surface area contributed by atoms with Gasteiger partial charge in [-0.3, -0.25) is 4.79 Å². The minimum Gasteiger partial charge on any atom is -0.479 e. The van der Waals surface area contributed by atoms with Gasteiger partial charge >= 0.3 is 5.97 Å². The number of amides is 1. The van der Waals surface area contributed by atoms with Gasteiger partial charge in [0.2, 0.25) is 5.91 Å². The van der Waals surface area contributed by atoms with Crippen LogP contribution in [-0.2, 0) is 9.59 Å².